The number of hydrogen-bond acceptors (Lipinski definition) is 3. The first kappa shape index (κ1) is 15.2. The second kappa shape index (κ2) is 7.02. The highest BCUT2D eigenvalue weighted by atomic mass is 35.5. The molecule has 0 heterocycles. The van der Waals surface area contributed by atoms with Gasteiger partial charge >= 0.3 is 0 Å². The smallest absolute Gasteiger partial charge is 0.270 e. The van der Waals surface area contributed by atoms with Crippen LogP contribution in [0.4, 0.5) is 5.69 Å². The van der Waals surface area contributed by atoms with Gasteiger partial charge in [-0.15, -0.1) is 0 Å². The fourth-order valence-corrected chi connectivity index (χ4v) is 2.04. The number of ether oxygens (including phenoxy) is 1. The molecule has 0 spiro atoms. The number of nitro groups is 1. The molecule has 108 valence electrons. The molecular formula is C16H14ClNO3. The van der Waals surface area contributed by atoms with Crippen molar-refractivity contribution in [3.05, 3.63) is 80.9 Å². The standard InChI is InChI=1S/C16H14ClNO3/c1-21-16(13-6-8-14(17)9-7-13)10-5-12-3-2-4-15(11-12)18(19)20/h2-11,16H,1H3. The molecule has 0 saturated carbocycles. The molecule has 1 atom stereocenters. The summed E-state index contributed by atoms with van der Waals surface area (Å²) in [6, 6.07) is 13.8. The van der Waals surface area contributed by atoms with Crippen molar-refractivity contribution in [1.82, 2.24) is 0 Å². The van der Waals surface area contributed by atoms with Crippen LogP contribution in [0.3, 0.4) is 0 Å². The topological polar surface area (TPSA) is 52.4 Å². The summed E-state index contributed by atoms with van der Waals surface area (Å²) in [6.45, 7) is 0. The van der Waals surface area contributed by atoms with E-state index in [-0.39, 0.29) is 11.8 Å². The number of methoxy groups -OCH3 is 1. The Morgan fingerprint density at radius 3 is 2.57 bits per heavy atom. The average molecular weight is 304 g/mol. The van der Waals surface area contributed by atoms with Gasteiger partial charge in [0, 0.05) is 24.3 Å². The van der Waals surface area contributed by atoms with Gasteiger partial charge in [-0.25, -0.2) is 0 Å². The van der Waals surface area contributed by atoms with Crippen LogP contribution in [0.5, 0.6) is 0 Å². The van der Waals surface area contributed by atoms with Gasteiger partial charge in [0.05, 0.1) is 4.92 Å². The van der Waals surface area contributed by atoms with E-state index in [0.717, 1.165) is 11.1 Å². The van der Waals surface area contributed by atoms with Gasteiger partial charge in [-0.1, -0.05) is 48.0 Å². The van der Waals surface area contributed by atoms with Gasteiger partial charge < -0.3 is 4.74 Å². The Morgan fingerprint density at radius 1 is 1.24 bits per heavy atom. The summed E-state index contributed by atoms with van der Waals surface area (Å²) >= 11 is 5.86. The summed E-state index contributed by atoms with van der Waals surface area (Å²) < 4.78 is 5.41. The monoisotopic (exact) mass is 303 g/mol. The molecule has 0 aliphatic heterocycles. The van der Waals surface area contributed by atoms with E-state index in [0.29, 0.717) is 5.02 Å². The summed E-state index contributed by atoms with van der Waals surface area (Å²) in [5, 5.41) is 11.4. The lowest BCUT2D eigenvalue weighted by molar-refractivity contribution is -0.384. The zero-order valence-electron chi connectivity index (χ0n) is 11.4. The number of non-ortho nitro benzene ring substituents is 1. The summed E-state index contributed by atoms with van der Waals surface area (Å²) in [4.78, 5) is 10.3. The third-order valence-electron chi connectivity index (χ3n) is 3.00. The number of nitro benzene ring substituents is 1. The number of hydrogen-bond donors (Lipinski definition) is 0. The van der Waals surface area contributed by atoms with Crippen LogP contribution >= 0.6 is 11.6 Å². The second-order valence-corrected chi connectivity index (χ2v) is 4.86. The van der Waals surface area contributed by atoms with Gasteiger partial charge in [0.2, 0.25) is 0 Å². The molecule has 5 heteroatoms. The van der Waals surface area contributed by atoms with Gasteiger partial charge in [0.25, 0.3) is 5.69 Å². The highest BCUT2D eigenvalue weighted by Gasteiger charge is 2.07. The van der Waals surface area contributed by atoms with E-state index in [2.05, 4.69) is 0 Å². The minimum absolute atomic E-state index is 0.0672. The van der Waals surface area contributed by atoms with Crippen LogP contribution < -0.4 is 0 Å². The van der Waals surface area contributed by atoms with Crippen molar-refractivity contribution in [1.29, 1.82) is 0 Å². The molecule has 0 amide bonds. The maximum Gasteiger partial charge on any atom is 0.270 e. The predicted octanol–water partition coefficient (Wildman–Crippen LogP) is 4.65. The minimum atomic E-state index is -0.412. The first-order chi connectivity index (χ1) is 10.1. The molecule has 0 bridgehead atoms. The molecule has 0 saturated heterocycles. The maximum atomic E-state index is 10.7. The third-order valence-corrected chi connectivity index (χ3v) is 3.25. The molecule has 0 aliphatic rings. The fraction of sp³-hybridized carbons (Fsp3) is 0.125. The van der Waals surface area contributed by atoms with Crippen LogP contribution in [0.1, 0.15) is 17.2 Å². The molecule has 0 radical (unpaired) electrons. The summed E-state index contributed by atoms with van der Waals surface area (Å²) in [5.41, 5.74) is 1.78. The van der Waals surface area contributed by atoms with Gasteiger partial charge in [-0.3, -0.25) is 10.1 Å². The number of nitrogens with zero attached hydrogens (tertiary/aromatic N) is 1. The Bertz CT molecular complexity index is 653. The van der Waals surface area contributed by atoms with E-state index >= 15 is 0 Å². The van der Waals surface area contributed by atoms with E-state index in [1.807, 2.05) is 18.2 Å². The van der Waals surface area contributed by atoms with E-state index < -0.39 is 4.92 Å². The largest absolute Gasteiger partial charge is 0.373 e. The van der Waals surface area contributed by atoms with Crippen molar-refractivity contribution in [2.75, 3.05) is 7.11 Å². The van der Waals surface area contributed by atoms with Gasteiger partial charge in [0.15, 0.2) is 0 Å². The highest BCUT2D eigenvalue weighted by Crippen LogP contribution is 2.22. The summed E-state index contributed by atoms with van der Waals surface area (Å²) in [6.07, 6.45) is 3.42. The van der Waals surface area contributed by atoms with Crippen LogP contribution in [0.2, 0.25) is 5.02 Å². The Hall–Kier alpha value is -2.17. The SMILES string of the molecule is COC(C=Cc1cccc([N+](=O)[O-])c1)c1ccc(Cl)cc1. The van der Waals surface area contributed by atoms with Crippen molar-refractivity contribution >= 4 is 23.4 Å². The second-order valence-electron chi connectivity index (χ2n) is 4.42. The fourth-order valence-electron chi connectivity index (χ4n) is 1.92. The van der Waals surface area contributed by atoms with Gasteiger partial charge in [-0.2, -0.15) is 0 Å². The van der Waals surface area contributed by atoms with Crippen molar-refractivity contribution in [2.24, 2.45) is 0 Å². The van der Waals surface area contributed by atoms with Crippen LogP contribution in [-0.2, 0) is 4.74 Å². The number of benzene rings is 2. The quantitative estimate of drug-likeness (QED) is 0.597. The van der Waals surface area contributed by atoms with Gasteiger partial charge in [-0.05, 0) is 23.3 Å². The van der Waals surface area contributed by atoms with E-state index in [4.69, 9.17) is 16.3 Å². The molecule has 2 aromatic carbocycles. The van der Waals surface area contributed by atoms with Crippen LogP contribution in [0.25, 0.3) is 6.08 Å². The Labute approximate surface area is 127 Å². The lowest BCUT2D eigenvalue weighted by Gasteiger charge is -2.11. The average Bonchev–Trinajstić information content (AvgIpc) is 2.50. The molecule has 1 unspecified atom stereocenters. The molecule has 21 heavy (non-hydrogen) atoms. The lowest BCUT2D eigenvalue weighted by atomic mass is 10.1. The zero-order valence-corrected chi connectivity index (χ0v) is 12.2. The van der Waals surface area contributed by atoms with E-state index in [1.54, 1.807) is 37.5 Å². The Kier molecular flexibility index (Phi) is 5.09. The highest BCUT2D eigenvalue weighted by molar-refractivity contribution is 6.30. The maximum absolute atomic E-state index is 10.7. The lowest BCUT2D eigenvalue weighted by Crippen LogP contribution is -1.97. The number of halogens is 1. The van der Waals surface area contributed by atoms with Crippen LogP contribution in [0, 0.1) is 10.1 Å². The van der Waals surface area contributed by atoms with E-state index in [1.165, 1.54) is 12.1 Å². The summed E-state index contributed by atoms with van der Waals surface area (Å²) in [7, 11) is 1.61. The first-order valence-corrected chi connectivity index (χ1v) is 6.69. The van der Waals surface area contributed by atoms with Crippen molar-refractivity contribution < 1.29 is 9.66 Å². The molecule has 0 aliphatic carbocycles. The van der Waals surface area contributed by atoms with Crippen LogP contribution in [0.15, 0.2) is 54.6 Å². The molecular weight excluding hydrogens is 290 g/mol. The molecule has 2 aromatic rings. The molecule has 0 fully saturated rings. The van der Waals surface area contributed by atoms with Crippen LogP contribution in [-0.4, -0.2) is 12.0 Å². The molecule has 0 aromatic heterocycles. The molecule has 4 nitrogen and oxygen atoms in total. The Morgan fingerprint density at radius 2 is 1.95 bits per heavy atom. The van der Waals surface area contributed by atoms with Crippen molar-refractivity contribution in [3.63, 3.8) is 0 Å². The zero-order chi connectivity index (χ0) is 15.2. The minimum Gasteiger partial charge on any atom is -0.373 e. The van der Waals surface area contributed by atoms with Gasteiger partial charge in [0.1, 0.15) is 6.10 Å². The third kappa shape index (κ3) is 4.15. The summed E-state index contributed by atoms with van der Waals surface area (Å²) in [5.74, 6) is 0. The molecule has 2 rings (SSSR count). The van der Waals surface area contributed by atoms with E-state index in [9.17, 15) is 10.1 Å². The predicted molar refractivity (Wildman–Crippen MR) is 83.3 cm³/mol. The number of rotatable bonds is 5. The molecule has 0 N–H and O–H groups in total. The van der Waals surface area contributed by atoms with Crippen molar-refractivity contribution in [2.45, 2.75) is 6.10 Å². The normalized spacial score (nSPS) is 12.5. The Balaban J connectivity index is 2.19. The van der Waals surface area contributed by atoms with Crippen molar-refractivity contribution in [3.8, 4) is 0 Å². The first-order valence-electron chi connectivity index (χ1n) is 6.31.